The van der Waals surface area contributed by atoms with Gasteiger partial charge in [-0.3, -0.25) is 0 Å². The Kier molecular flexibility index (Phi) is 7.93. The van der Waals surface area contributed by atoms with Gasteiger partial charge in [0.2, 0.25) is 0 Å². The molecule has 0 radical (unpaired) electrons. The standard InChI is InChI=1S/C60H51N/c1-58(2)51-26-11-8-23-48(51)57-47(24-17-28-54(57)58)46-22-9-13-29-56(46)61(42-31-33-53-49(38-42)44-21-7-12-27-52(44)60(53)34-14-5-15-35-60)41-19-16-18-39(36-41)40-30-32-45-43-20-6-10-25-50(43)59(3,4)55(45)37-40/h6-13,16-33,36-38H,5,14-15,34-35H2,1-4H3. The summed E-state index contributed by atoms with van der Waals surface area (Å²) in [6.45, 7) is 9.51. The minimum atomic E-state index is -0.0842. The molecule has 0 N–H and O–H groups in total. The molecule has 0 atom stereocenters. The Morgan fingerprint density at radius 1 is 0.344 bits per heavy atom. The normalized spacial score (nSPS) is 16.6. The average molecular weight is 786 g/mol. The highest BCUT2D eigenvalue weighted by Crippen LogP contribution is 2.58. The van der Waals surface area contributed by atoms with Crippen molar-refractivity contribution in [2.45, 2.75) is 76.0 Å². The van der Waals surface area contributed by atoms with Crippen molar-refractivity contribution in [2.24, 2.45) is 0 Å². The third-order valence-corrected chi connectivity index (χ3v) is 15.3. The monoisotopic (exact) mass is 785 g/mol. The molecule has 0 saturated heterocycles. The Bertz CT molecular complexity index is 3080. The van der Waals surface area contributed by atoms with Crippen molar-refractivity contribution < 1.29 is 0 Å². The fourth-order valence-electron chi connectivity index (χ4n) is 12.3. The zero-order valence-corrected chi connectivity index (χ0v) is 35.7. The first-order chi connectivity index (χ1) is 29.8. The van der Waals surface area contributed by atoms with Crippen LogP contribution in [0.2, 0.25) is 0 Å². The summed E-state index contributed by atoms with van der Waals surface area (Å²) in [5.41, 5.74) is 25.3. The van der Waals surface area contributed by atoms with E-state index in [0.717, 1.165) is 5.69 Å². The van der Waals surface area contributed by atoms with Gasteiger partial charge in [0.25, 0.3) is 0 Å². The smallest absolute Gasteiger partial charge is 0.0540 e. The maximum atomic E-state index is 2.55. The molecule has 1 heteroatoms. The summed E-state index contributed by atoms with van der Waals surface area (Å²) in [6, 6.07) is 67.2. The van der Waals surface area contributed by atoms with Gasteiger partial charge in [-0.2, -0.15) is 0 Å². The van der Waals surface area contributed by atoms with Crippen molar-refractivity contribution >= 4 is 17.1 Å². The van der Waals surface area contributed by atoms with E-state index in [2.05, 4.69) is 209 Å². The van der Waals surface area contributed by atoms with Gasteiger partial charge in [-0.15, -0.1) is 0 Å². The second kappa shape index (κ2) is 13.3. The molecule has 296 valence electrons. The van der Waals surface area contributed by atoms with E-state index < -0.39 is 0 Å². The summed E-state index contributed by atoms with van der Waals surface area (Å²) in [6.07, 6.45) is 6.36. The molecule has 8 aromatic carbocycles. The first-order valence-corrected chi connectivity index (χ1v) is 22.5. The van der Waals surface area contributed by atoms with E-state index in [1.54, 1.807) is 0 Å². The zero-order chi connectivity index (χ0) is 41.1. The number of hydrogen-bond acceptors (Lipinski definition) is 1. The van der Waals surface area contributed by atoms with Crippen LogP contribution in [0, 0.1) is 0 Å². The Morgan fingerprint density at radius 3 is 1.67 bits per heavy atom. The Morgan fingerprint density at radius 2 is 0.885 bits per heavy atom. The van der Waals surface area contributed by atoms with Crippen LogP contribution < -0.4 is 4.90 Å². The highest BCUT2D eigenvalue weighted by molar-refractivity contribution is 5.99. The highest BCUT2D eigenvalue weighted by Gasteiger charge is 2.44. The minimum absolute atomic E-state index is 0.0654. The predicted molar refractivity (Wildman–Crippen MR) is 256 cm³/mol. The van der Waals surface area contributed by atoms with E-state index in [1.165, 1.54) is 132 Å². The maximum Gasteiger partial charge on any atom is 0.0540 e. The molecule has 12 rings (SSSR count). The first-order valence-electron chi connectivity index (χ1n) is 22.5. The van der Waals surface area contributed by atoms with Crippen LogP contribution in [-0.2, 0) is 16.2 Å². The SMILES string of the molecule is CC1(C)c2ccccc2-c2ccc(-c3cccc(N(c4ccc5c(c4)-c4ccccc4C54CCCCC4)c4ccccc4-c4cccc5c4-c4ccccc4C5(C)C)c3)cc21. The van der Waals surface area contributed by atoms with Gasteiger partial charge in [0, 0.05) is 33.2 Å². The molecule has 0 bridgehead atoms. The van der Waals surface area contributed by atoms with Crippen LogP contribution in [0.1, 0.15) is 93.2 Å². The number of nitrogens with zero attached hydrogens (tertiary/aromatic N) is 1. The number of rotatable bonds is 5. The number of anilines is 3. The van der Waals surface area contributed by atoms with Crippen LogP contribution in [0.3, 0.4) is 0 Å². The molecule has 1 nitrogen and oxygen atoms in total. The van der Waals surface area contributed by atoms with Crippen molar-refractivity contribution in [1.82, 2.24) is 0 Å². The second-order valence-corrected chi connectivity index (χ2v) is 19.2. The fourth-order valence-corrected chi connectivity index (χ4v) is 12.3. The summed E-state index contributed by atoms with van der Waals surface area (Å²) in [4.78, 5) is 2.55. The molecule has 0 amide bonds. The lowest BCUT2D eigenvalue weighted by Crippen LogP contribution is -2.28. The third kappa shape index (κ3) is 5.19. The van der Waals surface area contributed by atoms with Crippen molar-refractivity contribution in [3.63, 3.8) is 0 Å². The number of fused-ring (bicyclic) bond motifs is 11. The predicted octanol–water partition coefficient (Wildman–Crippen LogP) is 16.3. The topological polar surface area (TPSA) is 3.24 Å². The van der Waals surface area contributed by atoms with Gasteiger partial charge in [0.15, 0.2) is 0 Å². The van der Waals surface area contributed by atoms with Crippen LogP contribution >= 0.6 is 0 Å². The molecule has 1 saturated carbocycles. The van der Waals surface area contributed by atoms with E-state index >= 15 is 0 Å². The molecule has 0 unspecified atom stereocenters. The molecule has 4 aliphatic rings. The van der Waals surface area contributed by atoms with E-state index in [-0.39, 0.29) is 16.2 Å². The van der Waals surface area contributed by atoms with Crippen LogP contribution in [0.4, 0.5) is 17.1 Å². The van der Waals surface area contributed by atoms with Crippen LogP contribution in [0.25, 0.3) is 55.6 Å². The third-order valence-electron chi connectivity index (χ3n) is 15.3. The maximum absolute atomic E-state index is 2.55. The average Bonchev–Trinajstić information content (AvgIpc) is 3.80. The first kappa shape index (κ1) is 36.4. The molecule has 1 spiro atoms. The largest absolute Gasteiger partial charge is 0.310 e. The van der Waals surface area contributed by atoms with E-state index in [1.807, 2.05) is 0 Å². The van der Waals surface area contributed by atoms with Crippen LogP contribution in [-0.4, -0.2) is 0 Å². The molecule has 8 aromatic rings. The number of benzene rings is 8. The van der Waals surface area contributed by atoms with Gasteiger partial charge in [-0.05, 0) is 133 Å². The minimum Gasteiger partial charge on any atom is -0.310 e. The Hall–Kier alpha value is -6.44. The van der Waals surface area contributed by atoms with Crippen molar-refractivity contribution in [2.75, 3.05) is 4.90 Å². The summed E-state index contributed by atoms with van der Waals surface area (Å²) in [7, 11) is 0. The fraction of sp³-hybridized carbons (Fsp3) is 0.200. The number of para-hydroxylation sites is 1. The van der Waals surface area contributed by atoms with Crippen LogP contribution in [0.5, 0.6) is 0 Å². The quantitative estimate of drug-likeness (QED) is 0.168. The molecular formula is C60H51N. The molecule has 0 heterocycles. The second-order valence-electron chi connectivity index (χ2n) is 19.2. The summed E-state index contributed by atoms with van der Waals surface area (Å²) in [5, 5.41) is 0. The molecule has 0 aromatic heterocycles. The van der Waals surface area contributed by atoms with E-state index in [4.69, 9.17) is 0 Å². The van der Waals surface area contributed by atoms with Crippen molar-refractivity contribution in [3.8, 4) is 55.6 Å². The zero-order valence-electron chi connectivity index (χ0n) is 35.7. The lowest BCUT2D eigenvalue weighted by atomic mass is 9.68. The highest BCUT2D eigenvalue weighted by atomic mass is 15.1. The summed E-state index contributed by atoms with van der Waals surface area (Å²) in [5.74, 6) is 0. The van der Waals surface area contributed by atoms with Crippen LogP contribution in [0.15, 0.2) is 176 Å². The van der Waals surface area contributed by atoms with Gasteiger partial charge in [-0.1, -0.05) is 186 Å². The molecule has 0 aliphatic heterocycles. The van der Waals surface area contributed by atoms with Gasteiger partial charge < -0.3 is 4.90 Å². The van der Waals surface area contributed by atoms with Gasteiger partial charge in [0.05, 0.1) is 5.69 Å². The van der Waals surface area contributed by atoms with Gasteiger partial charge in [-0.25, -0.2) is 0 Å². The summed E-state index contributed by atoms with van der Waals surface area (Å²) < 4.78 is 0. The molecule has 61 heavy (non-hydrogen) atoms. The summed E-state index contributed by atoms with van der Waals surface area (Å²) >= 11 is 0. The Balaban J connectivity index is 1.07. The van der Waals surface area contributed by atoms with Crippen molar-refractivity contribution in [3.05, 3.63) is 209 Å². The molecule has 1 fully saturated rings. The van der Waals surface area contributed by atoms with Crippen molar-refractivity contribution in [1.29, 1.82) is 0 Å². The lowest BCUT2D eigenvalue weighted by molar-refractivity contribution is 0.353. The molecule has 4 aliphatic carbocycles. The van der Waals surface area contributed by atoms with Gasteiger partial charge in [0.1, 0.15) is 0 Å². The molecular weight excluding hydrogens is 735 g/mol. The van der Waals surface area contributed by atoms with E-state index in [9.17, 15) is 0 Å². The lowest BCUT2D eigenvalue weighted by Gasteiger charge is -2.36. The Labute approximate surface area is 361 Å². The number of hydrogen-bond donors (Lipinski definition) is 0. The van der Waals surface area contributed by atoms with Gasteiger partial charge >= 0.3 is 0 Å². The van der Waals surface area contributed by atoms with E-state index in [0.29, 0.717) is 0 Å².